The SMILES string of the molecule is CCC(CC)NC(=O)c1cc(C)c(C)c(S(N)(=O)=O)c1. The summed E-state index contributed by atoms with van der Waals surface area (Å²) in [6, 6.07) is 3.11. The van der Waals surface area contributed by atoms with Gasteiger partial charge in [-0.15, -0.1) is 0 Å². The van der Waals surface area contributed by atoms with E-state index in [2.05, 4.69) is 5.32 Å². The fourth-order valence-electron chi connectivity index (χ4n) is 2.02. The van der Waals surface area contributed by atoms with E-state index < -0.39 is 10.0 Å². The molecule has 1 amide bonds. The van der Waals surface area contributed by atoms with Crippen LogP contribution in [0.2, 0.25) is 0 Å². The summed E-state index contributed by atoms with van der Waals surface area (Å²) in [6.07, 6.45) is 1.66. The Morgan fingerprint density at radius 3 is 2.25 bits per heavy atom. The van der Waals surface area contributed by atoms with E-state index >= 15 is 0 Å². The summed E-state index contributed by atoms with van der Waals surface area (Å²) in [6.45, 7) is 7.42. The van der Waals surface area contributed by atoms with Gasteiger partial charge in [-0.1, -0.05) is 13.8 Å². The first-order valence-corrected chi connectivity index (χ1v) is 8.20. The molecule has 112 valence electrons. The molecule has 1 aromatic carbocycles. The van der Waals surface area contributed by atoms with Crippen LogP contribution in [0.4, 0.5) is 0 Å². The Morgan fingerprint density at radius 1 is 1.25 bits per heavy atom. The molecule has 0 atom stereocenters. The number of nitrogens with one attached hydrogen (secondary N) is 1. The second kappa shape index (κ2) is 6.37. The van der Waals surface area contributed by atoms with Crippen molar-refractivity contribution in [2.75, 3.05) is 0 Å². The number of amides is 1. The minimum absolute atomic E-state index is 0.00666. The van der Waals surface area contributed by atoms with Crippen molar-refractivity contribution in [2.45, 2.75) is 51.5 Å². The lowest BCUT2D eigenvalue weighted by Crippen LogP contribution is -2.34. The van der Waals surface area contributed by atoms with Crippen molar-refractivity contribution >= 4 is 15.9 Å². The summed E-state index contributed by atoms with van der Waals surface area (Å²) in [5.41, 5.74) is 1.63. The number of hydrogen-bond donors (Lipinski definition) is 2. The van der Waals surface area contributed by atoms with E-state index in [4.69, 9.17) is 5.14 Å². The standard InChI is InChI=1S/C14H22N2O3S/c1-5-12(6-2)16-14(17)11-7-9(3)10(4)13(8-11)20(15,18)19/h7-8,12H,5-6H2,1-4H3,(H,16,17)(H2,15,18,19). The van der Waals surface area contributed by atoms with Gasteiger partial charge in [-0.3, -0.25) is 4.79 Å². The normalized spacial score (nSPS) is 11.7. The Morgan fingerprint density at radius 2 is 1.80 bits per heavy atom. The minimum atomic E-state index is -3.83. The molecule has 0 aliphatic carbocycles. The van der Waals surface area contributed by atoms with Crippen LogP contribution in [-0.4, -0.2) is 20.4 Å². The fraction of sp³-hybridized carbons (Fsp3) is 0.500. The molecule has 0 aromatic heterocycles. The van der Waals surface area contributed by atoms with Crippen molar-refractivity contribution in [3.05, 3.63) is 28.8 Å². The molecule has 0 saturated heterocycles. The largest absolute Gasteiger partial charge is 0.349 e. The summed E-state index contributed by atoms with van der Waals surface area (Å²) >= 11 is 0. The van der Waals surface area contributed by atoms with Gasteiger partial charge in [-0.25, -0.2) is 13.6 Å². The average Bonchev–Trinajstić information content (AvgIpc) is 2.37. The Kier molecular flexibility index (Phi) is 5.30. The third-order valence-corrected chi connectivity index (χ3v) is 4.55. The zero-order valence-electron chi connectivity index (χ0n) is 12.4. The zero-order chi connectivity index (χ0) is 15.5. The first-order chi connectivity index (χ1) is 9.20. The highest BCUT2D eigenvalue weighted by Crippen LogP contribution is 2.20. The lowest BCUT2D eigenvalue weighted by atomic mass is 10.0. The van der Waals surface area contributed by atoms with E-state index in [9.17, 15) is 13.2 Å². The van der Waals surface area contributed by atoms with Crippen LogP contribution in [0.25, 0.3) is 0 Å². The summed E-state index contributed by atoms with van der Waals surface area (Å²) in [7, 11) is -3.83. The van der Waals surface area contributed by atoms with Crippen LogP contribution in [-0.2, 0) is 10.0 Å². The van der Waals surface area contributed by atoms with E-state index in [1.165, 1.54) is 6.07 Å². The summed E-state index contributed by atoms with van der Waals surface area (Å²) in [5.74, 6) is -0.272. The zero-order valence-corrected chi connectivity index (χ0v) is 13.2. The molecule has 0 saturated carbocycles. The van der Waals surface area contributed by atoms with Gasteiger partial charge in [0.25, 0.3) is 5.91 Å². The van der Waals surface area contributed by atoms with E-state index in [0.717, 1.165) is 18.4 Å². The molecule has 0 bridgehead atoms. The second-order valence-electron chi connectivity index (χ2n) is 4.95. The predicted octanol–water partition coefficient (Wildman–Crippen LogP) is 1.87. The maximum Gasteiger partial charge on any atom is 0.251 e. The van der Waals surface area contributed by atoms with Gasteiger partial charge in [-0.05, 0) is 49.9 Å². The maximum atomic E-state index is 12.2. The molecule has 0 fully saturated rings. The Hall–Kier alpha value is -1.40. The minimum Gasteiger partial charge on any atom is -0.349 e. The highest BCUT2D eigenvalue weighted by Gasteiger charge is 2.18. The number of benzene rings is 1. The van der Waals surface area contributed by atoms with Crippen LogP contribution in [0.3, 0.4) is 0 Å². The number of rotatable bonds is 5. The molecule has 1 rings (SSSR count). The van der Waals surface area contributed by atoms with Gasteiger partial charge >= 0.3 is 0 Å². The molecule has 3 N–H and O–H groups in total. The predicted molar refractivity (Wildman–Crippen MR) is 79.1 cm³/mol. The first-order valence-electron chi connectivity index (χ1n) is 6.65. The number of nitrogens with two attached hydrogens (primary N) is 1. The van der Waals surface area contributed by atoms with E-state index in [-0.39, 0.29) is 16.8 Å². The van der Waals surface area contributed by atoms with Crippen LogP contribution < -0.4 is 10.5 Å². The summed E-state index contributed by atoms with van der Waals surface area (Å²) in [5, 5.41) is 8.07. The van der Waals surface area contributed by atoms with Gasteiger partial charge in [-0.2, -0.15) is 0 Å². The molecular formula is C14H22N2O3S. The molecule has 0 spiro atoms. The van der Waals surface area contributed by atoms with E-state index in [0.29, 0.717) is 11.1 Å². The lowest BCUT2D eigenvalue weighted by molar-refractivity contribution is 0.0934. The van der Waals surface area contributed by atoms with Gasteiger partial charge in [0, 0.05) is 11.6 Å². The summed E-state index contributed by atoms with van der Waals surface area (Å²) in [4.78, 5) is 12.2. The van der Waals surface area contributed by atoms with Crippen LogP contribution in [0, 0.1) is 13.8 Å². The Bertz CT molecular complexity index is 605. The molecule has 0 radical (unpaired) electrons. The van der Waals surface area contributed by atoms with Crippen molar-refractivity contribution in [1.82, 2.24) is 5.32 Å². The molecule has 20 heavy (non-hydrogen) atoms. The van der Waals surface area contributed by atoms with Crippen LogP contribution in [0.15, 0.2) is 17.0 Å². The van der Waals surface area contributed by atoms with Crippen LogP contribution in [0.5, 0.6) is 0 Å². The van der Waals surface area contributed by atoms with Crippen molar-refractivity contribution < 1.29 is 13.2 Å². The molecule has 5 nitrogen and oxygen atoms in total. The van der Waals surface area contributed by atoms with Crippen LogP contribution >= 0.6 is 0 Å². The monoisotopic (exact) mass is 298 g/mol. The van der Waals surface area contributed by atoms with Gasteiger partial charge in [0.2, 0.25) is 10.0 Å². The van der Waals surface area contributed by atoms with Crippen molar-refractivity contribution in [1.29, 1.82) is 0 Å². The highest BCUT2D eigenvalue weighted by atomic mass is 32.2. The molecule has 0 unspecified atom stereocenters. The third-order valence-electron chi connectivity index (χ3n) is 3.51. The second-order valence-corrected chi connectivity index (χ2v) is 6.48. The topological polar surface area (TPSA) is 89.3 Å². The van der Waals surface area contributed by atoms with Crippen molar-refractivity contribution in [3.63, 3.8) is 0 Å². The lowest BCUT2D eigenvalue weighted by Gasteiger charge is -2.16. The number of carbonyl (C=O) groups is 1. The van der Waals surface area contributed by atoms with Crippen molar-refractivity contribution in [2.24, 2.45) is 5.14 Å². The first kappa shape index (κ1) is 16.7. The van der Waals surface area contributed by atoms with Gasteiger partial charge in [0.1, 0.15) is 0 Å². The van der Waals surface area contributed by atoms with Gasteiger partial charge < -0.3 is 5.32 Å². The average molecular weight is 298 g/mol. The molecule has 0 heterocycles. The number of carbonyl (C=O) groups excluding carboxylic acids is 1. The van der Waals surface area contributed by atoms with Crippen molar-refractivity contribution in [3.8, 4) is 0 Å². The summed E-state index contributed by atoms with van der Waals surface area (Å²) < 4.78 is 23.1. The van der Waals surface area contributed by atoms with E-state index in [1.807, 2.05) is 13.8 Å². The number of primary sulfonamides is 1. The number of hydrogen-bond acceptors (Lipinski definition) is 3. The molecule has 6 heteroatoms. The molecule has 0 aliphatic rings. The highest BCUT2D eigenvalue weighted by molar-refractivity contribution is 7.89. The maximum absolute atomic E-state index is 12.2. The van der Waals surface area contributed by atoms with Gasteiger partial charge in [0.05, 0.1) is 4.90 Å². The number of aryl methyl sites for hydroxylation is 1. The van der Waals surface area contributed by atoms with Gasteiger partial charge in [0.15, 0.2) is 0 Å². The fourth-order valence-corrected chi connectivity index (χ4v) is 2.89. The Labute approximate surface area is 120 Å². The molecule has 0 aliphatic heterocycles. The molecule has 1 aromatic rings. The smallest absolute Gasteiger partial charge is 0.251 e. The number of sulfonamides is 1. The molecular weight excluding hydrogens is 276 g/mol. The van der Waals surface area contributed by atoms with Crippen LogP contribution in [0.1, 0.15) is 48.2 Å². The van der Waals surface area contributed by atoms with E-state index in [1.54, 1.807) is 19.9 Å². The quantitative estimate of drug-likeness (QED) is 0.869. The Balaban J connectivity index is 3.21. The third kappa shape index (κ3) is 3.80.